The van der Waals surface area contributed by atoms with Gasteiger partial charge in [0.15, 0.2) is 0 Å². The van der Waals surface area contributed by atoms with Crippen molar-refractivity contribution in [1.29, 1.82) is 0 Å². The molecular formula is C17H16N2. The van der Waals surface area contributed by atoms with E-state index in [0.29, 0.717) is 0 Å². The van der Waals surface area contributed by atoms with Gasteiger partial charge >= 0.3 is 0 Å². The van der Waals surface area contributed by atoms with Crippen LogP contribution in [0, 0.1) is 6.92 Å². The fraction of sp³-hybridized carbons (Fsp3) is 0.118. The van der Waals surface area contributed by atoms with Gasteiger partial charge in [-0.3, -0.25) is 4.68 Å². The minimum absolute atomic E-state index is 1.05. The number of benzene rings is 2. The maximum Gasteiger partial charge on any atom is 0.0681 e. The first-order valence-electron chi connectivity index (χ1n) is 6.40. The number of rotatable bonds is 2. The Hall–Kier alpha value is -2.35. The molecule has 3 rings (SSSR count). The van der Waals surface area contributed by atoms with Gasteiger partial charge in [-0.15, -0.1) is 0 Å². The van der Waals surface area contributed by atoms with Gasteiger partial charge in [-0.05, 0) is 29.7 Å². The van der Waals surface area contributed by atoms with E-state index in [0.717, 1.165) is 11.4 Å². The average Bonchev–Trinajstić information content (AvgIpc) is 2.79. The summed E-state index contributed by atoms with van der Waals surface area (Å²) in [4.78, 5) is 0. The van der Waals surface area contributed by atoms with Gasteiger partial charge in [0.1, 0.15) is 0 Å². The minimum atomic E-state index is 1.05. The van der Waals surface area contributed by atoms with Crippen molar-refractivity contribution in [3.8, 4) is 22.4 Å². The first-order valence-corrected chi connectivity index (χ1v) is 6.40. The van der Waals surface area contributed by atoms with Gasteiger partial charge in [0, 0.05) is 7.05 Å². The highest BCUT2D eigenvalue weighted by atomic mass is 15.3. The lowest BCUT2D eigenvalue weighted by Gasteiger charge is -2.05. The zero-order valence-electron chi connectivity index (χ0n) is 11.2. The van der Waals surface area contributed by atoms with Gasteiger partial charge < -0.3 is 0 Å². The Kier molecular flexibility index (Phi) is 2.92. The van der Waals surface area contributed by atoms with Crippen LogP contribution in [0.1, 0.15) is 5.69 Å². The quantitative estimate of drug-likeness (QED) is 0.668. The second-order valence-electron chi connectivity index (χ2n) is 4.74. The van der Waals surface area contributed by atoms with Crippen LogP contribution in [0.5, 0.6) is 0 Å². The van der Waals surface area contributed by atoms with Crippen molar-refractivity contribution in [2.75, 3.05) is 0 Å². The lowest BCUT2D eigenvalue weighted by Crippen LogP contribution is -1.93. The number of hydrogen-bond donors (Lipinski definition) is 0. The summed E-state index contributed by atoms with van der Waals surface area (Å²) in [5, 5.41) is 4.38. The van der Waals surface area contributed by atoms with Crippen LogP contribution in [-0.4, -0.2) is 9.78 Å². The van der Waals surface area contributed by atoms with Crippen molar-refractivity contribution in [3.05, 3.63) is 66.4 Å². The lowest BCUT2D eigenvalue weighted by molar-refractivity contribution is 0.764. The van der Waals surface area contributed by atoms with Crippen LogP contribution in [0.15, 0.2) is 60.7 Å². The topological polar surface area (TPSA) is 17.8 Å². The van der Waals surface area contributed by atoms with E-state index in [4.69, 9.17) is 0 Å². The van der Waals surface area contributed by atoms with Gasteiger partial charge in [-0.2, -0.15) is 5.10 Å². The summed E-state index contributed by atoms with van der Waals surface area (Å²) >= 11 is 0. The summed E-state index contributed by atoms with van der Waals surface area (Å²) in [6.45, 7) is 2.02. The molecular weight excluding hydrogens is 232 g/mol. The fourth-order valence-corrected chi connectivity index (χ4v) is 2.34. The van der Waals surface area contributed by atoms with E-state index < -0.39 is 0 Å². The zero-order valence-corrected chi connectivity index (χ0v) is 11.2. The Bertz CT molecular complexity index is 679. The van der Waals surface area contributed by atoms with Crippen molar-refractivity contribution in [3.63, 3.8) is 0 Å². The van der Waals surface area contributed by atoms with Crippen molar-refractivity contribution >= 4 is 0 Å². The highest BCUT2D eigenvalue weighted by Crippen LogP contribution is 2.24. The van der Waals surface area contributed by atoms with Gasteiger partial charge in [0.25, 0.3) is 0 Å². The predicted molar refractivity (Wildman–Crippen MR) is 78.8 cm³/mol. The molecule has 3 aromatic rings. The predicted octanol–water partition coefficient (Wildman–Crippen LogP) is 4.06. The molecule has 0 aliphatic carbocycles. The third kappa shape index (κ3) is 2.29. The molecule has 0 saturated heterocycles. The van der Waals surface area contributed by atoms with E-state index in [1.54, 1.807) is 0 Å². The maximum absolute atomic E-state index is 4.38. The molecule has 0 saturated carbocycles. The van der Waals surface area contributed by atoms with Crippen molar-refractivity contribution in [2.45, 2.75) is 6.92 Å². The van der Waals surface area contributed by atoms with Crippen LogP contribution < -0.4 is 0 Å². The smallest absolute Gasteiger partial charge is 0.0681 e. The number of aromatic nitrogens is 2. The van der Waals surface area contributed by atoms with Crippen molar-refractivity contribution in [1.82, 2.24) is 9.78 Å². The number of aryl methyl sites for hydroxylation is 2. The van der Waals surface area contributed by atoms with E-state index >= 15 is 0 Å². The molecule has 2 heteroatoms. The molecule has 0 bridgehead atoms. The number of hydrogen-bond acceptors (Lipinski definition) is 1. The average molecular weight is 248 g/mol. The molecule has 0 amide bonds. The van der Waals surface area contributed by atoms with Gasteiger partial charge in [0.05, 0.1) is 11.4 Å². The van der Waals surface area contributed by atoms with Crippen LogP contribution in [0.2, 0.25) is 0 Å². The lowest BCUT2D eigenvalue weighted by atomic mass is 10.0. The van der Waals surface area contributed by atoms with E-state index in [9.17, 15) is 0 Å². The Balaban J connectivity index is 1.98. The Labute approximate surface area is 113 Å². The number of nitrogens with zero attached hydrogens (tertiary/aromatic N) is 2. The standard InChI is InChI=1S/C17H16N2/c1-13-12-17(19(2)18-13)16-10-8-15(9-11-16)14-6-4-3-5-7-14/h3-12H,1-2H3. The normalized spacial score (nSPS) is 10.6. The molecule has 0 aliphatic heterocycles. The molecule has 0 radical (unpaired) electrons. The second kappa shape index (κ2) is 4.73. The molecule has 2 aromatic carbocycles. The Morgan fingerprint density at radius 1 is 0.789 bits per heavy atom. The molecule has 0 fully saturated rings. The highest BCUT2D eigenvalue weighted by Gasteiger charge is 2.05. The van der Waals surface area contributed by atoms with E-state index in [1.165, 1.54) is 16.7 Å². The summed E-state index contributed by atoms with van der Waals surface area (Å²) in [6.07, 6.45) is 0. The Morgan fingerprint density at radius 3 is 1.95 bits per heavy atom. The van der Waals surface area contributed by atoms with Gasteiger partial charge in [-0.1, -0.05) is 54.6 Å². The minimum Gasteiger partial charge on any atom is -0.268 e. The summed E-state index contributed by atoms with van der Waals surface area (Å²) in [6, 6.07) is 21.2. The molecule has 2 nitrogen and oxygen atoms in total. The van der Waals surface area contributed by atoms with E-state index in [-0.39, 0.29) is 0 Å². The Morgan fingerprint density at radius 2 is 1.37 bits per heavy atom. The maximum atomic E-state index is 4.38. The van der Waals surface area contributed by atoms with Crippen molar-refractivity contribution < 1.29 is 0 Å². The molecule has 1 aromatic heterocycles. The molecule has 0 unspecified atom stereocenters. The summed E-state index contributed by atoms with van der Waals surface area (Å²) < 4.78 is 1.92. The second-order valence-corrected chi connectivity index (χ2v) is 4.74. The molecule has 0 N–H and O–H groups in total. The fourth-order valence-electron chi connectivity index (χ4n) is 2.34. The van der Waals surface area contributed by atoms with Crippen LogP contribution >= 0.6 is 0 Å². The van der Waals surface area contributed by atoms with Crippen LogP contribution in [-0.2, 0) is 7.05 Å². The van der Waals surface area contributed by atoms with E-state index in [1.807, 2.05) is 24.7 Å². The van der Waals surface area contributed by atoms with Crippen LogP contribution in [0.25, 0.3) is 22.4 Å². The molecule has 0 spiro atoms. The summed E-state index contributed by atoms with van der Waals surface area (Å²) in [5.41, 5.74) is 5.88. The third-order valence-electron chi connectivity index (χ3n) is 3.29. The highest BCUT2D eigenvalue weighted by molar-refractivity contribution is 5.69. The molecule has 0 aliphatic rings. The first-order chi connectivity index (χ1) is 9.24. The molecule has 0 atom stereocenters. The first kappa shape index (κ1) is 11.7. The van der Waals surface area contributed by atoms with Gasteiger partial charge in [-0.25, -0.2) is 0 Å². The SMILES string of the molecule is Cc1cc(-c2ccc(-c3ccccc3)cc2)n(C)n1. The van der Waals surface area contributed by atoms with Crippen LogP contribution in [0.3, 0.4) is 0 Å². The monoisotopic (exact) mass is 248 g/mol. The van der Waals surface area contributed by atoms with Crippen molar-refractivity contribution in [2.24, 2.45) is 7.05 Å². The largest absolute Gasteiger partial charge is 0.268 e. The van der Waals surface area contributed by atoms with Gasteiger partial charge in [0.2, 0.25) is 0 Å². The molecule has 1 heterocycles. The summed E-state index contributed by atoms with van der Waals surface area (Å²) in [7, 11) is 1.98. The molecule has 19 heavy (non-hydrogen) atoms. The zero-order chi connectivity index (χ0) is 13.2. The van der Waals surface area contributed by atoms with Crippen LogP contribution in [0.4, 0.5) is 0 Å². The molecule has 94 valence electrons. The summed E-state index contributed by atoms with van der Waals surface area (Å²) in [5.74, 6) is 0. The van der Waals surface area contributed by atoms with E-state index in [2.05, 4.69) is 59.7 Å². The third-order valence-corrected chi connectivity index (χ3v) is 3.29.